The normalized spacial score (nSPS) is 10.3. The minimum atomic E-state index is -0.377. The van der Waals surface area contributed by atoms with E-state index in [1.807, 2.05) is 0 Å². The Labute approximate surface area is 94.6 Å². The summed E-state index contributed by atoms with van der Waals surface area (Å²) in [6.45, 7) is -0.268. The Kier molecular flexibility index (Phi) is 4.88. The number of benzene rings is 1. The van der Waals surface area contributed by atoms with Crippen LogP contribution in [0.3, 0.4) is 0 Å². The Hall–Kier alpha value is -1.46. The second-order valence-corrected chi connectivity index (χ2v) is 3.28. The van der Waals surface area contributed by atoms with Crippen LogP contribution in [0.15, 0.2) is 18.2 Å². The van der Waals surface area contributed by atoms with Gasteiger partial charge in [0.2, 0.25) is 0 Å². The molecule has 1 aromatic carbocycles. The summed E-state index contributed by atoms with van der Waals surface area (Å²) in [5.41, 5.74) is 0.755. The number of anilines is 1. The number of rotatable bonds is 6. The van der Waals surface area contributed by atoms with E-state index in [0.29, 0.717) is 11.5 Å². The van der Waals surface area contributed by atoms with Gasteiger partial charge in [0, 0.05) is 11.8 Å². The topological polar surface area (TPSA) is 71.0 Å². The number of hydrogen-bond donors (Lipinski definition) is 3. The predicted octanol–water partition coefficient (Wildman–Crippen LogP) is 0.469. The van der Waals surface area contributed by atoms with Gasteiger partial charge < -0.3 is 25.0 Å². The molecule has 0 bridgehead atoms. The molecule has 5 heteroatoms. The molecule has 0 heterocycles. The van der Waals surface area contributed by atoms with Crippen molar-refractivity contribution >= 4 is 5.69 Å². The smallest absolute Gasteiger partial charge is 0.162 e. The summed E-state index contributed by atoms with van der Waals surface area (Å²) in [6.07, 6.45) is 0. The second kappa shape index (κ2) is 6.19. The number of methoxy groups -OCH3 is 2. The maximum absolute atomic E-state index is 8.94. The summed E-state index contributed by atoms with van der Waals surface area (Å²) in [4.78, 5) is 0. The monoisotopic (exact) mass is 227 g/mol. The highest BCUT2D eigenvalue weighted by Gasteiger charge is 2.08. The molecule has 1 rings (SSSR count). The molecule has 0 aliphatic rings. The fourth-order valence-electron chi connectivity index (χ4n) is 1.31. The van der Waals surface area contributed by atoms with Crippen LogP contribution in [0.2, 0.25) is 0 Å². The van der Waals surface area contributed by atoms with Gasteiger partial charge >= 0.3 is 0 Å². The Morgan fingerprint density at radius 3 is 2.25 bits per heavy atom. The van der Waals surface area contributed by atoms with Gasteiger partial charge in [0.1, 0.15) is 0 Å². The molecule has 0 unspecified atom stereocenters. The van der Waals surface area contributed by atoms with E-state index in [0.717, 1.165) is 5.69 Å². The first-order valence-corrected chi connectivity index (χ1v) is 4.95. The SMILES string of the molecule is COc1ccc(NC(CO)CO)cc1OC. The molecule has 0 amide bonds. The second-order valence-electron chi connectivity index (χ2n) is 3.28. The first-order chi connectivity index (χ1) is 7.74. The molecular formula is C11H17NO4. The van der Waals surface area contributed by atoms with E-state index in [2.05, 4.69) is 5.32 Å². The van der Waals surface area contributed by atoms with Crippen LogP contribution in [0.5, 0.6) is 11.5 Å². The van der Waals surface area contributed by atoms with Crippen LogP contribution < -0.4 is 14.8 Å². The summed E-state index contributed by atoms with van der Waals surface area (Å²) < 4.78 is 10.2. The maximum atomic E-state index is 8.94. The van der Waals surface area contributed by atoms with E-state index in [4.69, 9.17) is 19.7 Å². The lowest BCUT2D eigenvalue weighted by molar-refractivity contribution is 0.204. The van der Waals surface area contributed by atoms with Gasteiger partial charge in [0.25, 0.3) is 0 Å². The standard InChI is InChI=1S/C11H17NO4/c1-15-10-4-3-8(5-11(10)16-2)12-9(6-13)7-14/h3-5,9,12-14H,6-7H2,1-2H3. The van der Waals surface area contributed by atoms with Gasteiger partial charge in [-0.25, -0.2) is 0 Å². The summed E-state index contributed by atoms with van der Waals surface area (Å²) in [5.74, 6) is 1.24. The number of hydrogen-bond acceptors (Lipinski definition) is 5. The highest BCUT2D eigenvalue weighted by atomic mass is 16.5. The van der Waals surface area contributed by atoms with E-state index < -0.39 is 0 Å². The Morgan fingerprint density at radius 1 is 1.12 bits per heavy atom. The van der Waals surface area contributed by atoms with Crippen molar-refractivity contribution in [3.05, 3.63) is 18.2 Å². The lowest BCUT2D eigenvalue weighted by Crippen LogP contribution is -2.27. The highest BCUT2D eigenvalue weighted by Crippen LogP contribution is 2.29. The fraction of sp³-hybridized carbons (Fsp3) is 0.455. The van der Waals surface area contributed by atoms with Crippen molar-refractivity contribution in [2.24, 2.45) is 0 Å². The molecule has 1 aromatic rings. The molecule has 0 saturated carbocycles. The quantitative estimate of drug-likeness (QED) is 0.659. The van der Waals surface area contributed by atoms with Crippen LogP contribution in [0, 0.1) is 0 Å². The minimum absolute atomic E-state index is 0.134. The summed E-state index contributed by atoms with van der Waals surface area (Å²) in [5, 5.41) is 20.8. The van der Waals surface area contributed by atoms with Crippen molar-refractivity contribution in [3.8, 4) is 11.5 Å². The first-order valence-electron chi connectivity index (χ1n) is 4.95. The average molecular weight is 227 g/mol. The molecule has 0 saturated heterocycles. The Balaban J connectivity index is 2.82. The number of aliphatic hydroxyl groups excluding tert-OH is 2. The van der Waals surface area contributed by atoms with Crippen LogP contribution in [0.25, 0.3) is 0 Å². The number of aliphatic hydroxyl groups is 2. The van der Waals surface area contributed by atoms with Crippen LogP contribution in [-0.4, -0.2) is 43.7 Å². The number of nitrogens with one attached hydrogen (secondary N) is 1. The third-order valence-corrected chi connectivity index (χ3v) is 2.20. The van der Waals surface area contributed by atoms with E-state index in [1.54, 1.807) is 32.4 Å². The van der Waals surface area contributed by atoms with Crippen molar-refractivity contribution in [1.82, 2.24) is 0 Å². The molecule has 16 heavy (non-hydrogen) atoms. The van der Waals surface area contributed by atoms with Gasteiger partial charge in [0.05, 0.1) is 33.5 Å². The molecule has 0 spiro atoms. The zero-order valence-electron chi connectivity index (χ0n) is 9.43. The van der Waals surface area contributed by atoms with Crippen LogP contribution >= 0.6 is 0 Å². The molecule has 0 aromatic heterocycles. The molecule has 0 radical (unpaired) electrons. The molecule has 0 fully saturated rings. The van der Waals surface area contributed by atoms with Crippen molar-refractivity contribution in [1.29, 1.82) is 0 Å². The fourth-order valence-corrected chi connectivity index (χ4v) is 1.31. The average Bonchev–Trinajstić information content (AvgIpc) is 2.35. The van der Waals surface area contributed by atoms with Crippen LogP contribution in [0.4, 0.5) is 5.69 Å². The lowest BCUT2D eigenvalue weighted by atomic mass is 10.2. The highest BCUT2D eigenvalue weighted by molar-refractivity contribution is 5.55. The summed E-state index contributed by atoms with van der Waals surface area (Å²) >= 11 is 0. The lowest BCUT2D eigenvalue weighted by Gasteiger charge is -2.16. The zero-order valence-corrected chi connectivity index (χ0v) is 9.43. The molecular weight excluding hydrogens is 210 g/mol. The predicted molar refractivity (Wildman–Crippen MR) is 61.1 cm³/mol. The van der Waals surface area contributed by atoms with E-state index in [1.165, 1.54) is 0 Å². The van der Waals surface area contributed by atoms with E-state index in [-0.39, 0.29) is 19.3 Å². The van der Waals surface area contributed by atoms with Crippen LogP contribution in [0.1, 0.15) is 0 Å². The Bertz CT molecular complexity index is 326. The van der Waals surface area contributed by atoms with E-state index >= 15 is 0 Å². The van der Waals surface area contributed by atoms with Gasteiger partial charge in [-0.3, -0.25) is 0 Å². The van der Waals surface area contributed by atoms with Gasteiger partial charge in [0.15, 0.2) is 11.5 Å². The van der Waals surface area contributed by atoms with Gasteiger partial charge in [-0.15, -0.1) is 0 Å². The van der Waals surface area contributed by atoms with Crippen molar-refractivity contribution in [3.63, 3.8) is 0 Å². The summed E-state index contributed by atoms with van der Waals surface area (Å²) in [6, 6.07) is 4.92. The van der Waals surface area contributed by atoms with Crippen molar-refractivity contribution in [2.75, 3.05) is 32.8 Å². The molecule has 0 aliphatic heterocycles. The molecule has 3 N–H and O–H groups in total. The Morgan fingerprint density at radius 2 is 1.75 bits per heavy atom. The van der Waals surface area contributed by atoms with Gasteiger partial charge in [-0.05, 0) is 12.1 Å². The van der Waals surface area contributed by atoms with Gasteiger partial charge in [-0.1, -0.05) is 0 Å². The van der Waals surface area contributed by atoms with Crippen molar-refractivity contribution in [2.45, 2.75) is 6.04 Å². The first kappa shape index (κ1) is 12.6. The molecule has 0 atom stereocenters. The molecule has 5 nitrogen and oxygen atoms in total. The zero-order chi connectivity index (χ0) is 12.0. The minimum Gasteiger partial charge on any atom is -0.493 e. The number of ether oxygens (including phenoxy) is 2. The summed E-state index contributed by atoms with van der Waals surface area (Å²) in [7, 11) is 3.12. The van der Waals surface area contributed by atoms with E-state index in [9.17, 15) is 0 Å². The molecule has 90 valence electrons. The third-order valence-electron chi connectivity index (χ3n) is 2.20. The third kappa shape index (κ3) is 3.01. The van der Waals surface area contributed by atoms with Crippen LogP contribution in [-0.2, 0) is 0 Å². The van der Waals surface area contributed by atoms with Crippen molar-refractivity contribution < 1.29 is 19.7 Å². The largest absolute Gasteiger partial charge is 0.493 e. The van der Waals surface area contributed by atoms with Gasteiger partial charge in [-0.2, -0.15) is 0 Å². The molecule has 0 aliphatic carbocycles. The maximum Gasteiger partial charge on any atom is 0.162 e.